The van der Waals surface area contributed by atoms with E-state index in [1.165, 1.54) is 12.1 Å². The molecule has 0 spiro atoms. The highest BCUT2D eigenvalue weighted by Gasteiger charge is 2.11. The van der Waals surface area contributed by atoms with Crippen LogP contribution in [0.1, 0.15) is 19.4 Å². The zero-order valence-electron chi connectivity index (χ0n) is 9.60. The summed E-state index contributed by atoms with van der Waals surface area (Å²) in [5, 5.41) is 18.4. The second kappa shape index (κ2) is 5.39. The maximum absolute atomic E-state index is 11.8. The number of carbonyl (C=O) groups is 1. The van der Waals surface area contributed by atoms with Crippen molar-refractivity contribution in [3.05, 3.63) is 23.8 Å². The monoisotopic (exact) mass is 223 g/mol. The van der Waals surface area contributed by atoms with Gasteiger partial charge in [-0.1, -0.05) is 6.07 Å². The number of likely N-dealkylation sites (N-methyl/N-ethyl adjacent to an activating group) is 1. The van der Waals surface area contributed by atoms with Crippen molar-refractivity contribution in [3.63, 3.8) is 0 Å². The van der Waals surface area contributed by atoms with Crippen LogP contribution in [0.4, 0.5) is 0 Å². The zero-order valence-corrected chi connectivity index (χ0v) is 9.60. The molecule has 16 heavy (non-hydrogen) atoms. The molecule has 0 radical (unpaired) electrons. The lowest BCUT2D eigenvalue weighted by Crippen LogP contribution is -2.31. The molecule has 88 valence electrons. The van der Waals surface area contributed by atoms with Crippen LogP contribution in [0.15, 0.2) is 18.2 Å². The summed E-state index contributed by atoms with van der Waals surface area (Å²) in [6.07, 6.45) is 0.246. The second-order valence-electron chi connectivity index (χ2n) is 3.57. The van der Waals surface area contributed by atoms with Gasteiger partial charge in [-0.05, 0) is 31.5 Å². The highest BCUT2D eigenvalue weighted by Crippen LogP contribution is 2.25. The fourth-order valence-corrected chi connectivity index (χ4v) is 1.54. The summed E-state index contributed by atoms with van der Waals surface area (Å²) in [5.41, 5.74) is 0.701. The molecule has 0 aromatic heterocycles. The molecule has 1 aromatic rings. The molecule has 0 bridgehead atoms. The topological polar surface area (TPSA) is 60.8 Å². The minimum atomic E-state index is -0.190. The van der Waals surface area contributed by atoms with E-state index in [-0.39, 0.29) is 23.8 Å². The Bertz CT molecular complexity index is 373. The number of amides is 1. The van der Waals surface area contributed by atoms with Crippen LogP contribution in [0.3, 0.4) is 0 Å². The zero-order chi connectivity index (χ0) is 12.1. The largest absolute Gasteiger partial charge is 0.504 e. The number of benzene rings is 1. The Hall–Kier alpha value is -1.71. The van der Waals surface area contributed by atoms with E-state index in [9.17, 15) is 9.90 Å². The number of aromatic hydroxyl groups is 2. The summed E-state index contributed by atoms with van der Waals surface area (Å²) < 4.78 is 0. The molecule has 4 nitrogen and oxygen atoms in total. The molecular weight excluding hydrogens is 206 g/mol. The van der Waals surface area contributed by atoms with E-state index in [0.29, 0.717) is 18.7 Å². The van der Waals surface area contributed by atoms with Crippen LogP contribution in [0, 0.1) is 0 Å². The van der Waals surface area contributed by atoms with E-state index in [4.69, 9.17) is 5.11 Å². The van der Waals surface area contributed by atoms with Gasteiger partial charge in [-0.15, -0.1) is 0 Å². The van der Waals surface area contributed by atoms with Crippen LogP contribution in [0.2, 0.25) is 0 Å². The van der Waals surface area contributed by atoms with Crippen molar-refractivity contribution in [2.75, 3.05) is 13.1 Å². The van der Waals surface area contributed by atoms with Gasteiger partial charge in [-0.25, -0.2) is 0 Å². The highest BCUT2D eigenvalue weighted by molar-refractivity contribution is 5.78. The fraction of sp³-hybridized carbons (Fsp3) is 0.417. The molecule has 0 aliphatic heterocycles. The molecular formula is C12H17NO3. The van der Waals surface area contributed by atoms with Crippen molar-refractivity contribution < 1.29 is 15.0 Å². The number of hydrogen-bond acceptors (Lipinski definition) is 3. The van der Waals surface area contributed by atoms with Gasteiger partial charge in [-0.3, -0.25) is 4.79 Å². The van der Waals surface area contributed by atoms with Gasteiger partial charge in [0.15, 0.2) is 11.5 Å². The van der Waals surface area contributed by atoms with E-state index < -0.39 is 0 Å². The number of phenols is 2. The maximum atomic E-state index is 11.8. The summed E-state index contributed by atoms with van der Waals surface area (Å²) in [6, 6.07) is 4.44. The lowest BCUT2D eigenvalue weighted by molar-refractivity contribution is -0.130. The van der Waals surface area contributed by atoms with Crippen LogP contribution in [-0.2, 0) is 11.2 Å². The first-order valence-corrected chi connectivity index (χ1v) is 5.37. The molecule has 0 fully saturated rings. The Balaban J connectivity index is 2.73. The average Bonchev–Trinajstić information content (AvgIpc) is 2.25. The molecule has 0 atom stereocenters. The van der Waals surface area contributed by atoms with Crippen LogP contribution >= 0.6 is 0 Å². The summed E-state index contributed by atoms with van der Waals surface area (Å²) in [4.78, 5) is 13.5. The van der Waals surface area contributed by atoms with Gasteiger partial charge in [0, 0.05) is 13.1 Å². The molecule has 0 unspecified atom stereocenters. The molecule has 1 amide bonds. The van der Waals surface area contributed by atoms with Crippen molar-refractivity contribution in [2.45, 2.75) is 20.3 Å². The van der Waals surface area contributed by atoms with Crippen LogP contribution in [0.5, 0.6) is 11.5 Å². The summed E-state index contributed by atoms with van der Waals surface area (Å²) in [7, 11) is 0. The first-order valence-electron chi connectivity index (χ1n) is 5.37. The van der Waals surface area contributed by atoms with E-state index in [0.717, 1.165) is 0 Å². The van der Waals surface area contributed by atoms with Crippen LogP contribution < -0.4 is 0 Å². The second-order valence-corrected chi connectivity index (χ2v) is 3.57. The van der Waals surface area contributed by atoms with Gasteiger partial charge in [0.1, 0.15) is 0 Å². The third-order valence-corrected chi connectivity index (χ3v) is 2.51. The molecule has 0 heterocycles. The third kappa shape index (κ3) is 2.89. The molecule has 1 aromatic carbocycles. The van der Waals surface area contributed by atoms with Gasteiger partial charge >= 0.3 is 0 Å². The maximum Gasteiger partial charge on any atom is 0.226 e. The smallest absolute Gasteiger partial charge is 0.226 e. The Morgan fingerprint density at radius 3 is 2.31 bits per heavy atom. The molecule has 0 aliphatic rings. The molecule has 0 saturated heterocycles. The molecule has 2 N–H and O–H groups in total. The Labute approximate surface area is 95.1 Å². The third-order valence-electron chi connectivity index (χ3n) is 2.51. The van der Waals surface area contributed by atoms with E-state index in [1.807, 2.05) is 13.8 Å². The van der Waals surface area contributed by atoms with Gasteiger partial charge in [0.2, 0.25) is 5.91 Å². The fourth-order valence-electron chi connectivity index (χ4n) is 1.54. The Morgan fingerprint density at radius 1 is 1.19 bits per heavy atom. The normalized spacial score (nSPS) is 10.1. The van der Waals surface area contributed by atoms with Gasteiger partial charge in [-0.2, -0.15) is 0 Å². The number of rotatable bonds is 4. The van der Waals surface area contributed by atoms with E-state index in [1.54, 1.807) is 11.0 Å². The minimum absolute atomic E-state index is 0.0232. The summed E-state index contributed by atoms with van der Waals surface area (Å²) in [5.74, 6) is -0.334. The molecule has 0 saturated carbocycles. The van der Waals surface area contributed by atoms with Gasteiger partial charge in [0.05, 0.1) is 6.42 Å². The number of phenolic OH excluding ortho intramolecular Hbond substituents is 2. The first-order chi connectivity index (χ1) is 7.58. The quantitative estimate of drug-likeness (QED) is 0.760. The van der Waals surface area contributed by atoms with Crippen molar-refractivity contribution in [3.8, 4) is 11.5 Å². The minimum Gasteiger partial charge on any atom is -0.504 e. The highest BCUT2D eigenvalue weighted by atomic mass is 16.3. The molecule has 0 aliphatic carbocycles. The average molecular weight is 223 g/mol. The Kier molecular flexibility index (Phi) is 4.17. The standard InChI is InChI=1S/C12H17NO3/c1-3-13(4-2)12(16)8-9-5-6-10(14)11(15)7-9/h5-7,14-15H,3-4,8H2,1-2H3. The van der Waals surface area contributed by atoms with Gasteiger partial charge in [0.25, 0.3) is 0 Å². The predicted octanol–water partition coefficient (Wildman–Crippen LogP) is 1.51. The summed E-state index contributed by atoms with van der Waals surface area (Å²) >= 11 is 0. The van der Waals surface area contributed by atoms with Crippen LogP contribution in [0.25, 0.3) is 0 Å². The van der Waals surface area contributed by atoms with Gasteiger partial charge < -0.3 is 15.1 Å². The van der Waals surface area contributed by atoms with Crippen molar-refractivity contribution in [1.29, 1.82) is 0 Å². The predicted molar refractivity (Wildman–Crippen MR) is 61.4 cm³/mol. The lowest BCUT2D eigenvalue weighted by Gasteiger charge is -2.18. The van der Waals surface area contributed by atoms with Crippen LogP contribution in [-0.4, -0.2) is 34.1 Å². The van der Waals surface area contributed by atoms with Crippen molar-refractivity contribution in [2.24, 2.45) is 0 Å². The summed E-state index contributed by atoms with van der Waals surface area (Å²) in [6.45, 7) is 5.21. The van der Waals surface area contributed by atoms with E-state index >= 15 is 0 Å². The van der Waals surface area contributed by atoms with E-state index in [2.05, 4.69) is 0 Å². The number of carbonyl (C=O) groups excluding carboxylic acids is 1. The van der Waals surface area contributed by atoms with Crippen molar-refractivity contribution in [1.82, 2.24) is 4.90 Å². The number of hydrogen-bond donors (Lipinski definition) is 2. The molecule has 4 heteroatoms. The first kappa shape index (κ1) is 12.4. The Morgan fingerprint density at radius 2 is 1.81 bits per heavy atom. The molecule has 1 rings (SSSR count). The SMILES string of the molecule is CCN(CC)C(=O)Cc1ccc(O)c(O)c1. The number of nitrogens with zero attached hydrogens (tertiary/aromatic N) is 1. The van der Waals surface area contributed by atoms with Crippen molar-refractivity contribution >= 4 is 5.91 Å². The lowest BCUT2D eigenvalue weighted by atomic mass is 10.1.